The lowest BCUT2D eigenvalue weighted by atomic mass is 9.96. The molecule has 0 aromatic rings. The van der Waals surface area contributed by atoms with E-state index in [9.17, 15) is 24.3 Å². The van der Waals surface area contributed by atoms with Crippen LogP contribution in [0.3, 0.4) is 0 Å². The number of nitrogens with two attached hydrogens (primary N) is 3. The molecule has 0 aromatic heterocycles. The van der Waals surface area contributed by atoms with Gasteiger partial charge in [0.1, 0.15) is 18.1 Å². The molecule has 12 heteroatoms. The minimum Gasteiger partial charge on any atom is -0.480 e. The first kappa shape index (κ1) is 32.1. The van der Waals surface area contributed by atoms with Crippen molar-refractivity contribution in [1.82, 2.24) is 16.0 Å². The van der Waals surface area contributed by atoms with E-state index in [1.165, 1.54) is 0 Å². The molecule has 0 radical (unpaired) electrons. The fraction of sp³-hybridized carbons (Fsp3) is 0.783. The smallest absolute Gasteiger partial charge is 0.326 e. The third-order valence-electron chi connectivity index (χ3n) is 5.71. The third kappa shape index (κ3) is 12.4. The maximum Gasteiger partial charge on any atom is 0.326 e. The van der Waals surface area contributed by atoms with Crippen molar-refractivity contribution in [2.75, 3.05) is 6.54 Å². The average Bonchev–Trinajstić information content (AvgIpc) is 2.76. The topological polar surface area (TPSA) is 215 Å². The van der Waals surface area contributed by atoms with Gasteiger partial charge in [0, 0.05) is 6.54 Å². The van der Waals surface area contributed by atoms with E-state index in [1.54, 1.807) is 13.8 Å². The first-order valence-corrected chi connectivity index (χ1v) is 12.2. The van der Waals surface area contributed by atoms with Gasteiger partial charge in [0.15, 0.2) is 5.96 Å². The van der Waals surface area contributed by atoms with Crippen molar-refractivity contribution in [3.63, 3.8) is 0 Å². The molecule has 12 nitrogen and oxygen atoms in total. The van der Waals surface area contributed by atoms with Crippen LogP contribution >= 0.6 is 0 Å². The fourth-order valence-corrected chi connectivity index (χ4v) is 3.29. The number of hydrogen-bond acceptors (Lipinski definition) is 6. The Bertz CT molecular complexity index is 738. The quantitative estimate of drug-likeness (QED) is 0.0844. The number of carboxylic acids is 1. The molecule has 0 saturated carbocycles. The second kappa shape index (κ2) is 15.9. The molecule has 5 atom stereocenters. The molecule has 3 amide bonds. The SMILES string of the molecule is CCC(C)C(N)C(=O)NC(C(=O)NC(CC(C)C)C(=O)NC(CCCN=C(N)N)C(=O)O)C(C)C. The van der Waals surface area contributed by atoms with Crippen molar-refractivity contribution < 1.29 is 24.3 Å². The molecule has 0 bridgehead atoms. The summed E-state index contributed by atoms with van der Waals surface area (Å²) in [7, 11) is 0. The molecule has 202 valence electrons. The average molecular weight is 500 g/mol. The van der Waals surface area contributed by atoms with Gasteiger partial charge >= 0.3 is 5.97 Å². The molecular formula is C23H45N7O5. The third-order valence-corrected chi connectivity index (χ3v) is 5.71. The molecule has 10 N–H and O–H groups in total. The van der Waals surface area contributed by atoms with Crippen LogP contribution in [0.4, 0.5) is 0 Å². The number of aliphatic carboxylic acids is 1. The monoisotopic (exact) mass is 499 g/mol. The van der Waals surface area contributed by atoms with Crippen molar-refractivity contribution in [2.45, 2.75) is 91.4 Å². The lowest BCUT2D eigenvalue weighted by Gasteiger charge is -2.28. The molecule has 0 saturated heterocycles. The van der Waals surface area contributed by atoms with Crippen molar-refractivity contribution >= 4 is 29.7 Å². The van der Waals surface area contributed by atoms with Crippen molar-refractivity contribution in [3.8, 4) is 0 Å². The van der Waals surface area contributed by atoms with Gasteiger partial charge in [0.25, 0.3) is 0 Å². The molecule has 0 heterocycles. The van der Waals surface area contributed by atoms with Crippen LogP contribution in [0.25, 0.3) is 0 Å². The van der Waals surface area contributed by atoms with E-state index >= 15 is 0 Å². The van der Waals surface area contributed by atoms with E-state index in [2.05, 4.69) is 20.9 Å². The minimum atomic E-state index is -1.20. The van der Waals surface area contributed by atoms with Crippen LogP contribution in [0.5, 0.6) is 0 Å². The number of carbonyl (C=O) groups is 4. The fourth-order valence-electron chi connectivity index (χ4n) is 3.29. The van der Waals surface area contributed by atoms with Crippen LogP contribution < -0.4 is 33.2 Å². The Balaban J connectivity index is 5.43. The van der Waals surface area contributed by atoms with E-state index in [-0.39, 0.29) is 43.1 Å². The molecule has 0 fully saturated rings. The molecule has 0 aliphatic heterocycles. The lowest BCUT2D eigenvalue weighted by molar-refractivity contribution is -0.142. The second-order valence-corrected chi connectivity index (χ2v) is 9.68. The summed E-state index contributed by atoms with van der Waals surface area (Å²) in [6.45, 7) is 11.3. The van der Waals surface area contributed by atoms with Gasteiger partial charge in [0.2, 0.25) is 17.7 Å². The highest BCUT2D eigenvalue weighted by Crippen LogP contribution is 2.11. The second-order valence-electron chi connectivity index (χ2n) is 9.68. The van der Waals surface area contributed by atoms with Gasteiger partial charge in [-0.2, -0.15) is 0 Å². The minimum absolute atomic E-state index is 0.0297. The number of nitrogens with zero attached hydrogens (tertiary/aromatic N) is 1. The standard InChI is InChI=1S/C23H45N7O5/c1-7-14(6)17(24)20(32)30-18(13(4)5)21(33)29-16(11-12(2)3)19(31)28-15(22(34)35)9-8-10-27-23(25)26/h12-18H,7-11,24H2,1-6H3,(H,28,31)(H,29,33)(H,30,32)(H,34,35)(H4,25,26,27). The number of hydrogen-bond donors (Lipinski definition) is 7. The largest absolute Gasteiger partial charge is 0.480 e. The predicted octanol–water partition coefficient (Wildman–Crippen LogP) is -0.345. The highest BCUT2D eigenvalue weighted by Gasteiger charge is 2.32. The summed E-state index contributed by atoms with van der Waals surface area (Å²) in [4.78, 5) is 54.0. The first-order valence-electron chi connectivity index (χ1n) is 12.2. The lowest BCUT2D eigenvalue weighted by Crippen LogP contribution is -2.59. The predicted molar refractivity (Wildman–Crippen MR) is 135 cm³/mol. The van der Waals surface area contributed by atoms with Crippen molar-refractivity contribution in [2.24, 2.45) is 39.9 Å². The Kier molecular flexibility index (Phi) is 14.6. The number of aliphatic imine (C=N–C) groups is 1. The summed E-state index contributed by atoms with van der Waals surface area (Å²) in [6.07, 6.45) is 1.44. The number of rotatable bonds is 16. The van der Waals surface area contributed by atoms with E-state index in [1.807, 2.05) is 27.7 Å². The van der Waals surface area contributed by atoms with Crippen LogP contribution in [0.1, 0.15) is 67.2 Å². The van der Waals surface area contributed by atoms with Crippen LogP contribution in [0.2, 0.25) is 0 Å². The summed E-state index contributed by atoms with van der Waals surface area (Å²) >= 11 is 0. The molecular weight excluding hydrogens is 454 g/mol. The summed E-state index contributed by atoms with van der Waals surface area (Å²) < 4.78 is 0. The maximum absolute atomic E-state index is 13.1. The Morgan fingerprint density at radius 2 is 1.46 bits per heavy atom. The summed E-state index contributed by atoms with van der Waals surface area (Å²) in [5, 5.41) is 17.4. The van der Waals surface area contributed by atoms with Gasteiger partial charge in [-0.25, -0.2) is 4.79 Å². The van der Waals surface area contributed by atoms with E-state index < -0.39 is 47.9 Å². The summed E-state index contributed by atoms with van der Waals surface area (Å²) in [5.74, 6) is -3.21. The Hall–Kier alpha value is -2.89. The summed E-state index contributed by atoms with van der Waals surface area (Å²) in [5.41, 5.74) is 16.5. The molecule has 0 spiro atoms. The molecule has 0 aliphatic carbocycles. The highest BCUT2D eigenvalue weighted by atomic mass is 16.4. The van der Waals surface area contributed by atoms with E-state index in [4.69, 9.17) is 17.2 Å². The zero-order valence-electron chi connectivity index (χ0n) is 21.8. The molecule has 0 aliphatic rings. The van der Waals surface area contributed by atoms with Gasteiger partial charge in [0.05, 0.1) is 6.04 Å². The molecule has 35 heavy (non-hydrogen) atoms. The Morgan fingerprint density at radius 1 is 0.886 bits per heavy atom. The van der Waals surface area contributed by atoms with Crippen LogP contribution in [-0.4, -0.2) is 65.5 Å². The van der Waals surface area contributed by atoms with Crippen LogP contribution in [0, 0.1) is 17.8 Å². The maximum atomic E-state index is 13.1. The Morgan fingerprint density at radius 3 is 1.91 bits per heavy atom. The van der Waals surface area contributed by atoms with Gasteiger partial charge in [-0.3, -0.25) is 19.4 Å². The van der Waals surface area contributed by atoms with Gasteiger partial charge in [-0.15, -0.1) is 0 Å². The number of guanidine groups is 1. The first-order chi connectivity index (χ1) is 16.2. The van der Waals surface area contributed by atoms with Gasteiger partial charge in [-0.1, -0.05) is 48.0 Å². The number of nitrogens with one attached hydrogen (secondary N) is 3. The Labute approximate surface area is 208 Å². The number of carboxylic acid groups (broad SMARTS) is 1. The zero-order chi connectivity index (χ0) is 27.3. The molecule has 5 unspecified atom stereocenters. The van der Waals surface area contributed by atoms with Gasteiger partial charge in [-0.05, 0) is 37.0 Å². The summed E-state index contributed by atoms with van der Waals surface area (Å²) in [6, 6.07) is -3.82. The van der Waals surface area contributed by atoms with Crippen LogP contribution in [0.15, 0.2) is 4.99 Å². The highest BCUT2D eigenvalue weighted by molar-refractivity contribution is 5.94. The molecule has 0 aromatic carbocycles. The van der Waals surface area contributed by atoms with E-state index in [0.29, 0.717) is 12.8 Å². The number of carbonyl (C=O) groups excluding carboxylic acids is 3. The molecule has 0 rings (SSSR count). The van der Waals surface area contributed by atoms with Crippen molar-refractivity contribution in [1.29, 1.82) is 0 Å². The van der Waals surface area contributed by atoms with Gasteiger partial charge < -0.3 is 38.3 Å². The van der Waals surface area contributed by atoms with Crippen molar-refractivity contribution in [3.05, 3.63) is 0 Å². The van der Waals surface area contributed by atoms with Crippen LogP contribution in [-0.2, 0) is 19.2 Å². The number of amides is 3. The zero-order valence-corrected chi connectivity index (χ0v) is 21.8. The normalized spacial score (nSPS) is 15.5. The van der Waals surface area contributed by atoms with E-state index in [0.717, 1.165) is 0 Å².